The van der Waals surface area contributed by atoms with Crippen molar-refractivity contribution in [3.05, 3.63) is 0 Å². The van der Waals surface area contributed by atoms with Gasteiger partial charge in [-0.1, -0.05) is 6.42 Å². The van der Waals surface area contributed by atoms with E-state index in [1.165, 1.54) is 6.42 Å². The lowest BCUT2D eigenvalue weighted by Gasteiger charge is -2.19. The summed E-state index contributed by atoms with van der Waals surface area (Å²) in [6.07, 6.45) is 4.53. The van der Waals surface area contributed by atoms with E-state index >= 15 is 0 Å². The van der Waals surface area contributed by atoms with E-state index in [9.17, 15) is 0 Å². The van der Waals surface area contributed by atoms with E-state index in [-0.39, 0.29) is 0 Å². The fraction of sp³-hybridized carbons (Fsp3) is 1.00. The Morgan fingerprint density at radius 3 is 1.75 bits per heavy atom. The third kappa shape index (κ3) is 1.83. The van der Waals surface area contributed by atoms with Gasteiger partial charge in [0.05, 0.1) is 0 Å². The van der Waals surface area contributed by atoms with Crippen LogP contribution in [0.25, 0.3) is 0 Å². The summed E-state index contributed by atoms with van der Waals surface area (Å²) in [7, 11) is 0. The highest BCUT2D eigenvalue weighted by Gasteiger charge is 2.17. The first-order valence-corrected chi connectivity index (χ1v) is 3.94. The van der Waals surface area contributed by atoms with Gasteiger partial charge >= 0.3 is 0 Å². The highest BCUT2D eigenvalue weighted by Crippen LogP contribution is 2.25. The van der Waals surface area contributed by atoms with Crippen LogP contribution in [0.15, 0.2) is 0 Å². The zero-order chi connectivity index (χ0) is 5.98. The quantitative estimate of drug-likeness (QED) is 0.469. The summed E-state index contributed by atoms with van der Waals surface area (Å²) in [4.78, 5) is 0. The van der Waals surface area contributed by atoms with Crippen molar-refractivity contribution in [1.82, 2.24) is 0 Å². The van der Waals surface area contributed by atoms with Crippen molar-refractivity contribution >= 4 is 23.2 Å². The maximum absolute atomic E-state index is 5.83. The molecule has 0 nitrogen and oxygen atoms in total. The van der Waals surface area contributed by atoms with Gasteiger partial charge in [0.25, 0.3) is 0 Å². The summed E-state index contributed by atoms with van der Waals surface area (Å²) in [6.45, 7) is 0. The molecule has 1 fully saturated rings. The predicted molar refractivity (Wildman–Crippen MR) is 37.8 cm³/mol. The molecular weight excluding hydrogens is 143 g/mol. The molecule has 0 saturated heterocycles. The van der Waals surface area contributed by atoms with Crippen LogP contribution in [-0.2, 0) is 0 Å². The van der Waals surface area contributed by atoms with E-state index in [1.54, 1.807) is 0 Å². The second-order valence-electron chi connectivity index (χ2n) is 2.36. The second-order valence-corrected chi connectivity index (χ2v) is 3.60. The second kappa shape index (κ2) is 2.93. The van der Waals surface area contributed by atoms with Gasteiger partial charge in [-0.15, -0.1) is 23.2 Å². The molecule has 0 aromatic heterocycles. The first-order chi connectivity index (χ1) is 3.79. The maximum atomic E-state index is 5.83. The molecule has 0 aromatic rings. The van der Waals surface area contributed by atoms with Gasteiger partial charge in [-0.25, -0.2) is 0 Å². The Labute approximate surface area is 60.2 Å². The summed E-state index contributed by atoms with van der Waals surface area (Å²) in [5.41, 5.74) is 0. The van der Waals surface area contributed by atoms with Crippen LogP contribution in [0.3, 0.4) is 0 Å². The molecule has 0 amide bonds. The maximum Gasteiger partial charge on any atom is 0.0350 e. The van der Waals surface area contributed by atoms with E-state index in [1.807, 2.05) is 0 Å². The molecule has 0 heterocycles. The van der Waals surface area contributed by atoms with Gasteiger partial charge in [0, 0.05) is 10.8 Å². The van der Waals surface area contributed by atoms with Crippen molar-refractivity contribution in [2.75, 3.05) is 0 Å². The lowest BCUT2D eigenvalue weighted by molar-refractivity contribution is 0.517. The molecule has 1 saturated carbocycles. The van der Waals surface area contributed by atoms with E-state index in [2.05, 4.69) is 0 Å². The SMILES string of the molecule is Cl[C@@H]1CCC[C@@H](Cl)C1. The Morgan fingerprint density at radius 2 is 1.50 bits per heavy atom. The summed E-state index contributed by atoms with van der Waals surface area (Å²) >= 11 is 11.7. The van der Waals surface area contributed by atoms with Crippen LogP contribution >= 0.6 is 23.2 Å². The average molecular weight is 153 g/mol. The van der Waals surface area contributed by atoms with Crippen LogP contribution in [0.5, 0.6) is 0 Å². The molecule has 0 spiro atoms. The molecular formula is C6H10Cl2. The molecule has 1 aliphatic rings. The lowest BCUT2D eigenvalue weighted by Crippen LogP contribution is -2.14. The average Bonchev–Trinajstić information content (AvgIpc) is 1.64. The minimum atomic E-state index is 0.353. The number of hydrogen-bond donors (Lipinski definition) is 0. The summed E-state index contributed by atoms with van der Waals surface area (Å²) < 4.78 is 0. The topological polar surface area (TPSA) is 0 Å². The summed E-state index contributed by atoms with van der Waals surface area (Å²) in [5, 5.41) is 0.706. The fourth-order valence-corrected chi connectivity index (χ4v) is 1.90. The summed E-state index contributed by atoms with van der Waals surface area (Å²) in [6, 6.07) is 0. The third-order valence-electron chi connectivity index (χ3n) is 1.55. The number of alkyl halides is 2. The molecule has 0 aromatic carbocycles. The number of hydrogen-bond acceptors (Lipinski definition) is 0. The normalized spacial score (nSPS) is 39.8. The van der Waals surface area contributed by atoms with E-state index in [4.69, 9.17) is 23.2 Å². The molecule has 2 heteroatoms. The number of halogens is 2. The molecule has 2 atom stereocenters. The Balaban J connectivity index is 2.23. The molecule has 0 N–H and O–H groups in total. The molecule has 48 valence electrons. The zero-order valence-corrected chi connectivity index (χ0v) is 6.25. The van der Waals surface area contributed by atoms with E-state index in [0.717, 1.165) is 19.3 Å². The predicted octanol–water partition coefficient (Wildman–Crippen LogP) is 2.78. The molecule has 0 aliphatic heterocycles. The Hall–Kier alpha value is 0.580. The van der Waals surface area contributed by atoms with Crippen LogP contribution in [0.1, 0.15) is 25.7 Å². The largest absolute Gasteiger partial charge is 0.123 e. The van der Waals surface area contributed by atoms with Crippen molar-refractivity contribution in [3.8, 4) is 0 Å². The summed E-state index contributed by atoms with van der Waals surface area (Å²) in [5.74, 6) is 0. The van der Waals surface area contributed by atoms with Gasteiger partial charge in [0.15, 0.2) is 0 Å². The standard InChI is InChI=1S/C6H10Cl2/c7-5-2-1-3-6(8)4-5/h5-6H,1-4H2/t5-,6-/m1/s1. The van der Waals surface area contributed by atoms with Gasteiger partial charge in [-0.05, 0) is 19.3 Å². The molecule has 0 radical (unpaired) electrons. The zero-order valence-electron chi connectivity index (χ0n) is 4.74. The van der Waals surface area contributed by atoms with Crippen molar-refractivity contribution in [2.45, 2.75) is 36.4 Å². The van der Waals surface area contributed by atoms with Crippen molar-refractivity contribution in [2.24, 2.45) is 0 Å². The Morgan fingerprint density at radius 1 is 1.00 bits per heavy atom. The molecule has 0 bridgehead atoms. The Bertz CT molecular complexity index is 64.9. The molecule has 1 rings (SSSR count). The van der Waals surface area contributed by atoms with Crippen LogP contribution in [0.4, 0.5) is 0 Å². The van der Waals surface area contributed by atoms with Gasteiger partial charge in [-0.3, -0.25) is 0 Å². The fourth-order valence-electron chi connectivity index (χ4n) is 1.07. The Kier molecular flexibility index (Phi) is 2.45. The monoisotopic (exact) mass is 152 g/mol. The van der Waals surface area contributed by atoms with Gasteiger partial charge in [0.2, 0.25) is 0 Å². The third-order valence-corrected chi connectivity index (χ3v) is 2.34. The highest BCUT2D eigenvalue weighted by atomic mass is 35.5. The highest BCUT2D eigenvalue weighted by molar-refractivity contribution is 6.23. The van der Waals surface area contributed by atoms with Crippen molar-refractivity contribution in [1.29, 1.82) is 0 Å². The van der Waals surface area contributed by atoms with Crippen LogP contribution in [0.2, 0.25) is 0 Å². The lowest BCUT2D eigenvalue weighted by atomic mass is 10.00. The van der Waals surface area contributed by atoms with Gasteiger partial charge in [-0.2, -0.15) is 0 Å². The minimum absolute atomic E-state index is 0.353. The van der Waals surface area contributed by atoms with Crippen LogP contribution in [0, 0.1) is 0 Å². The van der Waals surface area contributed by atoms with Crippen molar-refractivity contribution < 1.29 is 0 Å². The van der Waals surface area contributed by atoms with E-state index < -0.39 is 0 Å². The van der Waals surface area contributed by atoms with Gasteiger partial charge < -0.3 is 0 Å². The van der Waals surface area contributed by atoms with Crippen molar-refractivity contribution in [3.63, 3.8) is 0 Å². The van der Waals surface area contributed by atoms with Gasteiger partial charge in [0.1, 0.15) is 0 Å². The molecule has 0 unspecified atom stereocenters. The van der Waals surface area contributed by atoms with E-state index in [0.29, 0.717) is 10.8 Å². The van der Waals surface area contributed by atoms with Crippen LogP contribution < -0.4 is 0 Å². The number of rotatable bonds is 0. The molecule has 1 aliphatic carbocycles. The van der Waals surface area contributed by atoms with Crippen LogP contribution in [-0.4, -0.2) is 10.8 Å². The minimum Gasteiger partial charge on any atom is -0.123 e. The first kappa shape index (κ1) is 6.70. The first-order valence-electron chi connectivity index (χ1n) is 3.07. The smallest absolute Gasteiger partial charge is 0.0350 e. The molecule has 8 heavy (non-hydrogen) atoms.